The van der Waals surface area contributed by atoms with E-state index >= 15 is 0 Å². The van der Waals surface area contributed by atoms with Gasteiger partial charge in [-0.2, -0.15) is 0 Å². The Hall–Kier alpha value is -2.84. The smallest absolute Gasteiger partial charge is 0.264 e. The molecule has 1 heterocycles. The van der Waals surface area contributed by atoms with Crippen LogP contribution in [0.4, 0.5) is 11.4 Å². The standard InChI is InChI=1S/C21H23N3O3S2/c1-23(16-19-11-7-13-28-19)21(25)15-22-17-8-6-12-20(14-17)29(26,27)24(2)18-9-4-3-5-10-18/h3-14,22H,15-16H2,1-2H3. The number of nitrogens with zero attached hydrogens (tertiary/aromatic N) is 2. The van der Waals surface area contributed by atoms with Crippen LogP contribution in [0.1, 0.15) is 4.88 Å². The van der Waals surface area contributed by atoms with E-state index in [0.717, 1.165) is 4.88 Å². The molecule has 0 fully saturated rings. The molecule has 1 aromatic heterocycles. The average Bonchev–Trinajstić information content (AvgIpc) is 3.25. The largest absolute Gasteiger partial charge is 0.376 e. The van der Waals surface area contributed by atoms with Crippen LogP contribution in [0.2, 0.25) is 0 Å². The second-order valence-corrected chi connectivity index (χ2v) is 9.52. The summed E-state index contributed by atoms with van der Waals surface area (Å²) in [5, 5.41) is 5.00. The Balaban J connectivity index is 1.67. The number of sulfonamides is 1. The summed E-state index contributed by atoms with van der Waals surface area (Å²) in [5.74, 6) is -0.0759. The molecule has 6 nitrogen and oxygen atoms in total. The van der Waals surface area contributed by atoms with Crippen molar-refractivity contribution in [2.24, 2.45) is 0 Å². The van der Waals surface area contributed by atoms with E-state index in [0.29, 0.717) is 17.9 Å². The van der Waals surface area contributed by atoms with Gasteiger partial charge in [-0.3, -0.25) is 9.10 Å². The zero-order valence-electron chi connectivity index (χ0n) is 16.3. The van der Waals surface area contributed by atoms with E-state index < -0.39 is 10.0 Å². The summed E-state index contributed by atoms with van der Waals surface area (Å²) in [6.45, 7) is 0.633. The van der Waals surface area contributed by atoms with E-state index in [4.69, 9.17) is 0 Å². The maximum absolute atomic E-state index is 12.9. The van der Waals surface area contributed by atoms with E-state index in [1.54, 1.807) is 71.8 Å². The summed E-state index contributed by atoms with van der Waals surface area (Å²) < 4.78 is 27.1. The molecular formula is C21H23N3O3S2. The van der Waals surface area contributed by atoms with Crippen LogP contribution in [0.25, 0.3) is 0 Å². The van der Waals surface area contributed by atoms with Crippen LogP contribution in [-0.2, 0) is 21.4 Å². The number of likely N-dealkylation sites (N-methyl/N-ethyl adjacent to an activating group) is 1. The van der Waals surface area contributed by atoms with Crippen molar-refractivity contribution in [1.29, 1.82) is 0 Å². The Kier molecular flexibility index (Phi) is 6.56. The zero-order chi connectivity index (χ0) is 20.9. The Morgan fingerprint density at radius 1 is 1.00 bits per heavy atom. The predicted octanol–water partition coefficient (Wildman–Crippen LogP) is 3.64. The number of amides is 1. The Labute approximate surface area is 175 Å². The number of carbonyl (C=O) groups is 1. The summed E-state index contributed by atoms with van der Waals surface area (Å²) >= 11 is 1.60. The highest BCUT2D eigenvalue weighted by atomic mass is 32.2. The van der Waals surface area contributed by atoms with Gasteiger partial charge in [0.25, 0.3) is 10.0 Å². The molecule has 2 aromatic carbocycles. The van der Waals surface area contributed by atoms with Gasteiger partial charge in [0.2, 0.25) is 5.91 Å². The molecule has 0 radical (unpaired) electrons. The lowest BCUT2D eigenvalue weighted by molar-refractivity contribution is -0.128. The first-order valence-corrected chi connectivity index (χ1v) is 11.3. The average molecular weight is 430 g/mol. The van der Waals surface area contributed by atoms with Crippen LogP contribution in [0.15, 0.2) is 77.0 Å². The maximum Gasteiger partial charge on any atom is 0.264 e. The lowest BCUT2D eigenvalue weighted by atomic mass is 10.3. The Morgan fingerprint density at radius 2 is 1.76 bits per heavy atom. The third-order valence-electron chi connectivity index (χ3n) is 4.45. The third kappa shape index (κ3) is 5.16. The first kappa shape index (κ1) is 20.9. The predicted molar refractivity (Wildman–Crippen MR) is 118 cm³/mol. The van der Waals surface area contributed by atoms with Gasteiger partial charge in [-0.25, -0.2) is 8.42 Å². The van der Waals surface area contributed by atoms with Crippen LogP contribution in [0.5, 0.6) is 0 Å². The normalized spacial score (nSPS) is 11.1. The van der Waals surface area contributed by atoms with Crippen molar-refractivity contribution in [1.82, 2.24) is 4.90 Å². The van der Waals surface area contributed by atoms with Crippen molar-refractivity contribution >= 4 is 38.6 Å². The lowest BCUT2D eigenvalue weighted by Crippen LogP contribution is -2.31. The summed E-state index contributed by atoms with van der Waals surface area (Å²) in [5.41, 5.74) is 1.15. The zero-order valence-corrected chi connectivity index (χ0v) is 17.9. The van der Waals surface area contributed by atoms with Crippen molar-refractivity contribution in [2.75, 3.05) is 30.3 Å². The monoisotopic (exact) mass is 429 g/mol. The highest BCUT2D eigenvalue weighted by Crippen LogP contribution is 2.23. The molecule has 0 unspecified atom stereocenters. The fraction of sp³-hybridized carbons (Fsp3) is 0.190. The molecule has 3 rings (SSSR count). The molecule has 0 saturated heterocycles. The van der Waals surface area contributed by atoms with Crippen LogP contribution in [0.3, 0.4) is 0 Å². The highest BCUT2D eigenvalue weighted by Gasteiger charge is 2.21. The van der Waals surface area contributed by atoms with Crippen LogP contribution < -0.4 is 9.62 Å². The molecule has 0 spiro atoms. The number of nitrogens with one attached hydrogen (secondary N) is 1. The number of benzene rings is 2. The fourth-order valence-electron chi connectivity index (χ4n) is 2.74. The van der Waals surface area contributed by atoms with E-state index in [9.17, 15) is 13.2 Å². The van der Waals surface area contributed by atoms with E-state index in [1.165, 1.54) is 11.4 Å². The number of carbonyl (C=O) groups excluding carboxylic acids is 1. The molecule has 152 valence electrons. The Bertz CT molecular complexity index is 1050. The molecule has 1 N–H and O–H groups in total. The SMILES string of the molecule is CN(Cc1cccs1)C(=O)CNc1cccc(S(=O)(=O)N(C)c2ccccc2)c1. The first-order valence-electron chi connectivity index (χ1n) is 9.02. The van der Waals surface area contributed by atoms with Gasteiger partial charge in [-0.1, -0.05) is 30.3 Å². The van der Waals surface area contributed by atoms with E-state index in [1.807, 2.05) is 23.6 Å². The van der Waals surface area contributed by atoms with Gasteiger partial charge < -0.3 is 10.2 Å². The van der Waals surface area contributed by atoms with Gasteiger partial charge in [-0.05, 0) is 41.8 Å². The molecule has 0 saturated carbocycles. The molecule has 3 aromatic rings. The molecule has 0 aliphatic carbocycles. The van der Waals surface area contributed by atoms with Crippen molar-refractivity contribution < 1.29 is 13.2 Å². The first-order chi connectivity index (χ1) is 13.9. The van der Waals surface area contributed by atoms with Crippen LogP contribution in [-0.4, -0.2) is 39.9 Å². The summed E-state index contributed by atoms with van der Waals surface area (Å²) in [6, 6.07) is 19.3. The minimum atomic E-state index is -3.70. The van der Waals surface area contributed by atoms with Crippen LogP contribution in [0, 0.1) is 0 Å². The summed E-state index contributed by atoms with van der Waals surface area (Å²) in [6.07, 6.45) is 0. The quantitative estimate of drug-likeness (QED) is 0.594. The van der Waals surface area contributed by atoms with Crippen LogP contribution >= 0.6 is 11.3 Å². The fourth-order valence-corrected chi connectivity index (χ4v) is 4.74. The van der Waals surface area contributed by atoms with E-state index in [-0.39, 0.29) is 17.3 Å². The summed E-state index contributed by atoms with van der Waals surface area (Å²) in [7, 11) is -0.433. The molecule has 0 bridgehead atoms. The third-order valence-corrected chi connectivity index (χ3v) is 7.10. The molecule has 1 amide bonds. The number of hydrogen-bond donors (Lipinski definition) is 1. The lowest BCUT2D eigenvalue weighted by Gasteiger charge is -2.20. The minimum absolute atomic E-state index is 0.0759. The topological polar surface area (TPSA) is 69.7 Å². The van der Waals surface area contributed by atoms with Gasteiger partial charge >= 0.3 is 0 Å². The van der Waals surface area contributed by atoms with E-state index in [2.05, 4.69) is 5.32 Å². The van der Waals surface area contributed by atoms with Gasteiger partial charge in [-0.15, -0.1) is 11.3 Å². The number of rotatable bonds is 8. The molecular weight excluding hydrogens is 406 g/mol. The van der Waals surface area contributed by atoms with Crippen molar-refractivity contribution in [3.8, 4) is 0 Å². The number of para-hydroxylation sites is 1. The van der Waals surface area contributed by atoms with Crippen molar-refractivity contribution in [3.63, 3.8) is 0 Å². The number of hydrogen-bond acceptors (Lipinski definition) is 5. The number of anilines is 2. The van der Waals surface area contributed by atoms with Gasteiger partial charge in [0.1, 0.15) is 0 Å². The highest BCUT2D eigenvalue weighted by molar-refractivity contribution is 7.92. The minimum Gasteiger partial charge on any atom is -0.376 e. The summed E-state index contributed by atoms with van der Waals surface area (Å²) in [4.78, 5) is 15.3. The molecule has 29 heavy (non-hydrogen) atoms. The number of thiophene rings is 1. The molecule has 0 aliphatic rings. The molecule has 8 heteroatoms. The second-order valence-electron chi connectivity index (χ2n) is 6.52. The second kappa shape index (κ2) is 9.11. The molecule has 0 aliphatic heterocycles. The molecule has 0 atom stereocenters. The Morgan fingerprint density at radius 3 is 2.45 bits per heavy atom. The van der Waals surface area contributed by atoms with Gasteiger partial charge in [0.05, 0.1) is 23.7 Å². The van der Waals surface area contributed by atoms with Crippen molar-refractivity contribution in [2.45, 2.75) is 11.4 Å². The maximum atomic E-state index is 12.9. The van der Waals surface area contributed by atoms with Gasteiger partial charge in [0, 0.05) is 24.7 Å². The van der Waals surface area contributed by atoms with Gasteiger partial charge in [0.15, 0.2) is 0 Å². The van der Waals surface area contributed by atoms with Crippen molar-refractivity contribution in [3.05, 3.63) is 77.0 Å².